The number of para-hydroxylation sites is 1. The largest absolute Gasteiger partial charge is 0.356 e. The van der Waals surface area contributed by atoms with E-state index in [4.69, 9.17) is 5.84 Å². The quantitative estimate of drug-likeness (QED) is 0.623. The number of fused-ring (bicyclic) bond motifs is 1. The van der Waals surface area contributed by atoms with Crippen LogP contribution in [-0.2, 0) is 0 Å². The van der Waals surface area contributed by atoms with Gasteiger partial charge in [0.2, 0.25) is 5.95 Å². The van der Waals surface area contributed by atoms with Crippen LogP contribution in [0.15, 0.2) is 24.3 Å². The van der Waals surface area contributed by atoms with Gasteiger partial charge >= 0.3 is 0 Å². The molecular formula is C13H17N5. The molecule has 3 N–H and O–H groups in total. The molecule has 0 atom stereocenters. The Morgan fingerprint density at radius 2 is 1.83 bits per heavy atom. The zero-order valence-electron chi connectivity index (χ0n) is 10.3. The lowest BCUT2D eigenvalue weighted by molar-refractivity contribution is 0.575. The number of rotatable bonds is 2. The zero-order valence-corrected chi connectivity index (χ0v) is 10.3. The monoisotopic (exact) mass is 243 g/mol. The molecule has 1 fully saturated rings. The molecule has 0 spiro atoms. The number of nitrogens with one attached hydrogen (secondary N) is 1. The molecule has 1 saturated heterocycles. The molecule has 3 rings (SSSR count). The molecule has 94 valence electrons. The number of nitrogens with zero attached hydrogens (tertiary/aromatic N) is 3. The maximum Gasteiger partial charge on any atom is 0.239 e. The molecular weight excluding hydrogens is 226 g/mol. The van der Waals surface area contributed by atoms with Crippen LogP contribution in [0.25, 0.3) is 10.9 Å². The first-order chi connectivity index (χ1) is 8.88. The molecule has 0 saturated carbocycles. The smallest absolute Gasteiger partial charge is 0.239 e. The van der Waals surface area contributed by atoms with Crippen LogP contribution >= 0.6 is 0 Å². The summed E-state index contributed by atoms with van der Waals surface area (Å²) in [6, 6.07) is 8.06. The van der Waals surface area contributed by atoms with Gasteiger partial charge in [0.1, 0.15) is 5.82 Å². The van der Waals surface area contributed by atoms with Crippen molar-refractivity contribution in [2.75, 3.05) is 23.4 Å². The van der Waals surface area contributed by atoms with Gasteiger partial charge in [0.25, 0.3) is 0 Å². The Labute approximate surface area is 106 Å². The number of anilines is 2. The predicted octanol–water partition coefficient (Wildman–Crippen LogP) is 1.91. The third kappa shape index (κ3) is 1.97. The molecule has 0 radical (unpaired) electrons. The minimum absolute atomic E-state index is 0.481. The van der Waals surface area contributed by atoms with Crippen molar-refractivity contribution in [1.82, 2.24) is 9.97 Å². The molecule has 1 aliphatic heterocycles. The van der Waals surface area contributed by atoms with Crippen molar-refractivity contribution in [1.29, 1.82) is 0 Å². The maximum absolute atomic E-state index is 5.45. The summed E-state index contributed by atoms with van der Waals surface area (Å²) in [6.07, 6.45) is 3.76. The van der Waals surface area contributed by atoms with Gasteiger partial charge in [-0.3, -0.25) is 5.43 Å². The zero-order chi connectivity index (χ0) is 12.4. The van der Waals surface area contributed by atoms with Gasteiger partial charge in [0.05, 0.1) is 5.52 Å². The summed E-state index contributed by atoms with van der Waals surface area (Å²) in [6.45, 7) is 2.12. The van der Waals surface area contributed by atoms with Crippen molar-refractivity contribution in [2.45, 2.75) is 19.3 Å². The van der Waals surface area contributed by atoms with Crippen molar-refractivity contribution in [3.05, 3.63) is 24.3 Å². The fourth-order valence-corrected chi connectivity index (χ4v) is 2.47. The van der Waals surface area contributed by atoms with E-state index >= 15 is 0 Å². The van der Waals surface area contributed by atoms with Gasteiger partial charge in [-0.2, -0.15) is 4.98 Å². The highest BCUT2D eigenvalue weighted by molar-refractivity contribution is 5.90. The van der Waals surface area contributed by atoms with Crippen LogP contribution < -0.4 is 16.2 Å². The molecule has 0 amide bonds. The lowest BCUT2D eigenvalue weighted by Crippen LogP contribution is -2.30. The van der Waals surface area contributed by atoms with Crippen molar-refractivity contribution in [2.24, 2.45) is 5.84 Å². The van der Waals surface area contributed by atoms with Crippen LogP contribution in [-0.4, -0.2) is 23.1 Å². The minimum Gasteiger partial charge on any atom is -0.356 e. The number of nitrogen functional groups attached to an aromatic ring is 1. The maximum atomic E-state index is 5.45. The number of piperidine rings is 1. The molecule has 1 aromatic heterocycles. The van der Waals surface area contributed by atoms with Crippen LogP contribution in [0.5, 0.6) is 0 Å². The SMILES string of the molecule is NNc1nc(N2CCCCC2)c2ccccc2n1. The number of aromatic nitrogens is 2. The van der Waals surface area contributed by atoms with E-state index in [0.29, 0.717) is 5.95 Å². The van der Waals surface area contributed by atoms with Crippen molar-refractivity contribution in [3.8, 4) is 0 Å². The van der Waals surface area contributed by atoms with Crippen molar-refractivity contribution >= 4 is 22.7 Å². The molecule has 5 nitrogen and oxygen atoms in total. The summed E-state index contributed by atoms with van der Waals surface area (Å²) in [5.74, 6) is 6.92. The summed E-state index contributed by atoms with van der Waals surface area (Å²) in [5.41, 5.74) is 3.48. The van der Waals surface area contributed by atoms with Crippen molar-refractivity contribution < 1.29 is 0 Å². The van der Waals surface area contributed by atoms with Crippen LogP contribution in [0.1, 0.15) is 19.3 Å². The molecule has 2 heterocycles. The molecule has 0 bridgehead atoms. The Morgan fingerprint density at radius 1 is 1.06 bits per heavy atom. The van der Waals surface area contributed by atoms with E-state index in [1.807, 2.05) is 18.2 Å². The van der Waals surface area contributed by atoms with E-state index in [2.05, 4.69) is 26.4 Å². The van der Waals surface area contributed by atoms with E-state index in [1.54, 1.807) is 0 Å². The van der Waals surface area contributed by atoms with Crippen LogP contribution in [0.4, 0.5) is 11.8 Å². The molecule has 1 aromatic carbocycles. The average Bonchev–Trinajstić information content (AvgIpc) is 2.47. The average molecular weight is 243 g/mol. The molecule has 0 aliphatic carbocycles. The number of hydrogen-bond donors (Lipinski definition) is 2. The third-order valence-electron chi connectivity index (χ3n) is 3.37. The van der Waals surface area contributed by atoms with Crippen LogP contribution in [0.3, 0.4) is 0 Å². The first-order valence-corrected chi connectivity index (χ1v) is 6.37. The number of nitrogens with two attached hydrogens (primary N) is 1. The van der Waals surface area contributed by atoms with Gasteiger partial charge in [-0.25, -0.2) is 10.8 Å². The van der Waals surface area contributed by atoms with E-state index in [-0.39, 0.29) is 0 Å². The van der Waals surface area contributed by atoms with E-state index in [9.17, 15) is 0 Å². The fraction of sp³-hybridized carbons (Fsp3) is 0.385. The summed E-state index contributed by atoms with van der Waals surface area (Å²) < 4.78 is 0. The number of hydrogen-bond acceptors (Lipinski definition) is 5. The highest BCUT2D eigenvalue weighted by Crippen LogP contribution is 2.27. The summed E-state index contributed by atoms with van der Waals surface area (Å²) in [7, 11) is 0. The van der Waals surface area contributed by atoms with E-state index in [1.165, 1.54) is 19.3 Å². The third-order valence-corrected chi connectivity index (χ3v) is 3.37. The Bertz CT molecular complexity index is 548. The Balaban J connectivity index is 2.12. The Morgan fingerprint density at radius 3 is 2.61 bits per heavy atom. The van der Waals surface area contributed by atoms with Crippen LogP contribution in [0.2, 0.25) is 0 Å². The number of benzene rings is 1. The Kier molecular flexibility index (Phi) is 2.98. The fourth-order valence-electron chi connectivity index (χ4n) is 2.47. The lowest BCUT2D eigenvalue weighted by Gasteiger charge is -2.28. The van der Waals surface area contributed by atoms with Gasteiger partial charge in [-0.1, -0.05) is 12.1 Å². The van der Waals surface area contributed by atoms with Gasteiger partial charge in [0.15, 0.2) is 0 Å². The van der Waals surface area contributed by atoms with Gasteiger partial charge in [0, 0.05) is 18.5 Å². The first kappa shape index (κ1) is 11.2. The van der Waals surface area contributed by atoms with E-state index < -0.39 is 0 Å². The highest BCUT2D eigenvalue weighted by atomic mass is 15.3. The minimum atomic E-state index is 0.481. The topological polar surface area (TPSA) is 67.1 Å². The molecule has 18 heavy (non-hydrogen) atoms. The summed E-state index contributed by atoms with van der Waals surface area (Å²) >= 11 is 0. The second-order valence-corrected chi connectivity index (χ2v) is 4.58. The van der Waals surface area contributed by atoms with Crippen molar-refractivity contribution in [3.63, 3.8) is 0 Å². The molecule has 5 heteroatoms. The standard InChI is InChI=1S/C13H17N5/c14-17-13-15-11-7-3-2-6-10(11)12(16-13)18-8-4-1-5-9-18/h2-3,6-7H,1,4-5,8-9,14H2,(H,15,16,17). The first-order valence-electron chi connectivity index (χ1n) is 6.37. The highest BCUT2D eigenvalue weighted by Gasteiger charge is 2.16. The predicted molar refractivity (Wildman–Crippen MR) is 73.4 cm³/mol. The van der Waals surface area contributed by atoms with Gasteiger partial charge < -0.3 is 4.90 Å². The van der Waals surface area contributed by atoms with Crippen LogP contribution in [0, 0.1) is 0 Å². The molecule has 1 aliphatic rings. The second kappa shape index (κ2) is 4.78. The molecule has 0 unspecified atom stereocenters. The summed E-state index contributed by atoms with van der Waals surface area (Å²) in [4.78, 5) is 11.2. The normalized spacial score (nSPS) is 15.9. The Hall–Kier alpha value is -1.88. The van der Waals surface area contributed by atoms with Gasteiger partial charge in [-0.15, -0.1) is 0 Å². The van der Waals surface area contributed by atoms with E-state index in [0.717, 1.165) is 29.8 Å². The van der Waals surface area contributed by atoms with Gasteiger partial charge in [-0.05, 0) is 31.4 Å². The number of hydrazine groups is 1. The lowest BCUT2D eigenvalue weighted by atomic mass is 10.1. The molecule has 2 aromatic rings. The second-order valence-electron chi connectivity index (χ2n) is 4.58. The summed E-state index contributed by atoms with van der Waals surface area (Å²) in [5, 5.41) is 1.10.